The van der Waals surface area contributed by atoms with Crippen molar-refractivity contribution >= 4 is 17.7 Å². The lowest BCUT2D eigenvalue weighted by Crippen LogP contribution is -2.40. The lowest BCUT2D eigenvalue weighted by atomic mass is 9.78. The average Bonchev–Trinajstić information content (AvgIpc) is 3.07. The molecule has 4 rings (SSSR count). The molecule has 3 unspecified atom stereocenters. The Morgan fingerprint density at radius 1 is 0.489 bits per heavy atom. The van der Waals surface area contributed by atoms with Crippen molar-refractivity contribution in [3.8, 4) is 0 Å². The van der Waals surface area contributed by atoms with Crippen LogP contribution in [0, 0.1) is 35.5 Å². The molecule has 3 fully saturated rings. The summed E-state index contributed by atoms with van der Waals surface area (Å²) >= 11 is 0. The van der Waals surface area contributed by atoms with Crippen molar-refractivity contribution < 1.29 is 14.4 Å². The summed E-state index contributed by atoms with van der Waals surface area (Å²) in [6.07, 6.45) is 16.3. The minimum atomic E-state index is -0.186. The van der Waals surface area contributed by atoms with Crippen LogP contribution in [-0.4, -0.2) is 35.8 Å². The monoisotopic (exact) mass is 621 g/mol. The van der Waals surface area contributed by atoms with Gasteiger partial charge in [-0.05, 0) is 131 Å². The Bertz CT molecular complexity index is 960. The summed E-state index contributed by atoms with van der Waals surface area (Å²) in [7, 11) is 0. The largest absolute Gasteiger partial charge is 0.349 e. The second-order valence-electron chi connectivity index (χ2n) is 15.2. The first kappa shape index (κ1) is 35.5. The maximum atomic E-state index is 13.6. The van der Waals surface area contributed by atoms with Crippen molar-refractivity contribution in [2.24, 2.45) is 35.5 Å². The van der Waals surface area contributed by atoms with E-state index in [1.54, 1.807) is 18.2 Å². The molecule has 0 saturated heterocycles. The second kappa shape index (κ2) is 17.0. The summed E-state index contributed by atoms with van der Waals surface area (Å²) < 4.78 is 0. The second-order valence-corrected chi connectivity index (χ2v) is 15.2. The first-order valence-corrected chi connectivity index (χ1v) is 18.7. The minimum absolute atomic E-state index is 0.133. The fourth-order valence-electron chi connectivity index (χ4n) is 8.32. The summed E-state index contributed by atoms with van der Waals surface area (Å²) in [6, 6.07) is 5.47. The molecule has 1 aromatic rings. The van der Waals surface area contributed by atoms with Crippen LogP contribution in [0.15, 0.2) is 18.2 Å². The Labute approximate surface area is 274 Å². The molecule has 0 heterocycles. The van der Waals surface area contributed by atoms with Crippen molar-refractivity contribution in [2.75, 3.05) is 0 Å². The van der Waals surface area contributed by atoms with Gasteiger partial charge in [-0.25, -0.2) is 0 Å². The molecule has 0 aliphatic heterocycles. The van der Waals surface area contributed by atoms with Gasteiger partial charge in [0.15, 0.2) is 0 Å². The third kappa shape index (κ3) is 9.81. The van der Waals surface area contributed by atoms with Gasteiger partial charge in [0.2, 0.25) is 0 Å². The van der Waals surface area contributed by atoms with Crippen molar-refractivity contribution in [1.82, 2.24) is 16.0 Å². The number of carbonyl (C=O) groups excluding carboxylic acids is 3. The van der Waals surface area contributed by atoms with Crippen LogP contribution >= 0.6 is 0 Å². The molecule has 3 aliphatic rings. The third-order valence-corrected chi connectivity index (χ3v) is 12.4. The van der Waals surface area contributed by atoms with Crippen molar-refractivity contribution in [3.63, 3.8) is 0 Å². The van der Waals surface area contributed by atoms with Crippen LogP contribution in [0.5, 0.6) is 0 Å². The van der Waals surface area contributed by atoms with E-state index in [4.69, 9.17) is 0 Å². The third-order valence-electron chi connectivity index (χ3n) is 12.4. The highest BCUT2D eigenvalue weighted by atomic mass is 16.2. The quantitative estimate of drug-likeness (QED) is 0.218. The maximum absolute atomic E-state index is 13.6. The lowest BCUT2D eigenvalue weighted by molar-refractivity contribution is 0.0915. The molecule has 6 nitrogen and oxygen atoms in total. The van der Waals surface area contributed by atoms with Gasteiger partial charge in [-0.3, -0.25) is 14.4 Å². The van der Waals surface area contributed by atoms with Crippen molar-refractivity contribution in [2.45, 2.75) is 156 Å². The molecule has 3 N–H and O–H groups in total. The summed E-state index contributed by atoms with van der Waals surface area (Å²) in [5, 5.41) is 9.74. The van der Waals surface area contributed by atoms with E-state index in [1.807, 2.05) is 0 Å². The Hall–Kier alpha value is -2.37. The van der Waals surface area contributed by atoms with Gasteiger partial charge in [0.05, 0.1) is 0 Å². The number of amides is 3. The van der Waals surface area contributed by atoms with E-state index in [0.29, 0.717) is 34.4 Å². The van der Waals surface area contributed by atoms with E-state index in [0.717, 1.165) is 94.8 Å². The Morgan fingerprint density at radius 3 is 0.911 bits per heavy atom. The molecule has 0 aromatic heterocycles. The van der Waals surface area contributed by atoms with Gasteiger partial charge < -0.3 is 16.0 Å². The van der Waals surface area contributed by atoms with Crippen LogP contribution in [0.3, 0.4) is 0 Å². The van der Waals surface area contributed by atoms with Gasteiger partial charge in [0.1, 0.15) is 0 Å². The highest BCUT2D eigenvalue weighted by molar-refractivity contribution is 6.04. The first-order chi connectivity index (χ1) is 21.6. The fourth-order valence-corrected chi connectivity index (χ4v) is 8.32. The molecule has 252 valence electrons. The van der Waals surface area contributed by atoms with Gasteiger partial charge in [0.25, 0.3) is 17.7 Å². The van der Waals surface area contributed by atoms with E-state index in [1.165, 1.54) is 19.3 Å². The molecule has 6 heteroatoms. The Balaban J connectivity index is 1.45. The van der Waals surface area contributed by atoms with Gasteiger partial charge >= 0.3 is 0 Å². The minimum Gasteiger partial charge on any atom is -0.349 e. The standard InChI is InChI=1S/C39H63N3O3/c1-7-25(4)28-10-16-34(17-11-28)40-37(43)31-22-32(38(44)41-35-18-12-29(13-19-35)26(5)8-2)24-33(23-31)39(45)42-36-20-14-30(15-21-36)27(6)9-3/h22-30,34-36H,7-21H2,1-6H3,(H,40,43)(H,41,44)(H,42,45). The lowest BCUT2D eigenvalue weighted by Gasteiger charge is -2.33. The van der Waals surface area contributed by atoms with Gasteiger partial charge in [-0.2, -0.15) is 0 Å². The predicted octanol–water partition coefficient (Wildman–Crippen LogP) is 8.69. The Kier molecular flexibility index (Phi) is 13.4. The van der Waals surface area contributed by atoms with E-state index in [2.05, 4.69) is 57.5 Å². The average molecular weight is 622 g/mol. The predicted molar refractivity (Wildman–Crippen MR) is 184 cm³/mol. The summed E-state index contributed by atoms with van der Waals surface area (Å²) in [6.45, 7) is 13.8. The molecule has 3 aliphatic carbocycles. The summed E-state index contributed by atoms with van der Waals surface area (Å²) in [4.78, 5) is 40.8. The molecule has 45 heavy (non-hydrogen) atoms. The highest BCUT2D eigenvalue weighted by Gasteiger charge is 2.29. The number of carbonyl (C=O) groups is 3. The van der Waals surface area contributed by atoms with Crippen LogP contribution in [-0.2, 0) is 0 Å². The van der Waals surface area contributed by atoms with Crippen molar-refractivity contribution in [3.05, 3.63) is 34.9 Å². The molecule has 0 spiro atoms. The zero-order chi connectivity index (χ0) is 32.5. The number of hydrogen-bond donors (Lipinski definition) is 3. The fraction of sp³-hybridized carbons (Fsp3) is 0.769. The first-order valence-electron chi connectivity index (χ1n) is 18.7. The maximum Gasteiger partial charge on any atom is 0.251 e. The zero-order valence-electron chi connectivity index (χ0n) is 29.3. The topological polar surface area (TPSA) is 87.3 Å². The molecule has 1 aromatic carbocycles. The molecular weight excluding hydrogens is 558 g/mol. The van der Waals surface area contributed by atoms with E-state index >= 15 is 0 Å². The molecule has 0 radical (unpaired) electrons. The molecule has 0 bridgehead atoms. The zero-order valence-corrected chi connectivity index (χ0v) is 29.3. The van der Waals surface area contributed by atoms with E-state index < -0.39 is 0 Å². The SMILES string of the molecule is CCC(C)C1CCC(NC(=O)c2cc(C(=O)NC3CCC(C(C)CC)CC3)cc(C(=O)NC3CCC(C(C)CC)CC3)c2)CC1. The van der Waals surface area contributed by atoms with Crippen LogP contribution < -0.4 is 16.0 Å². The Morgan fingerprint density at radius 2 is 0.711 bits per heavy atom. The normalized spacial score (nSPS) is 29.2. The number of benzene rings is 1. The van der Waals surface area contributed by atoms with Crippen LogP contribution in [0.1, 0.15) is 169 Å². The van der Waals surface area contributed by atoms with Crippen molar-refractivity contribution in [1.29, 1.82) is 0 Å². The highest BCUT2D eigenvalue weighted by Crippen LogP contribution is 2.34. The molecule has 3 atom stereocenters. The smallest absolute Gasteiger partial charge is 0.251 e. The van der Waals surface area contributed by atoms with Gasteiger partial charge in [-0.1, -0.05) is 60.8 Å². The van der Waals surface area contributed by atoms with Crippen LogP contribution in [0.25, 0.3) is 0 Å². The molecular formula is C39H63N3O3. The van der Waals surface area contributed by atoms with Gasteiger partial charge in [0, 0.05) is 34.8 Å². The van der Waals surface area contributed by atoms with Gasteiger partial charge in [-0.15, -0.1) is 0 Å². The van der Waals surface area contributed by atoms with Crippen LogP contribution in [0.4, 0.5) is 0 Å². The summed E-state index contributed by atoms with van der Waals surface area (Å²) in [5.41, 5.74) is 1.20. The molecule has 3 amide bonds. The summed E-state index contributed by atoms with van der Waals surface area (Å²) in [5.74, 6) is 3.77. The van der Waals surface area contributed by atoms with Crippen LogP contribution in [0.2, 0.25) is 0 Å². The number of nitrogens with one attached hydrogen (secondary N) is 3. The van der Waals surface area contributed by atoms with E-state index in [9.17, 15) is 14.4 Å². The number of hydrogen-bond acceptors (Lipinski definition) is 3. The number of rotatable bonds is 12. The van der Waals surface area contributed by atoms with E-state index in [-0.39, 0.29) is 35.8 Å². The molecule has 3 saturated carbocycles.